The molecule has 0 amide bonds. The van der Waals surface area contributed by atoms with Crippen LogP contribution in [0.3, 0.4) is 0 Å². The van der Waals surface area contributed by atoms with Gasteiger partial charge in [-0.2, -0.15) is 0 Å². The van der Waals surface area contributed by atoms with E-state index in [1.165, 1.54) is 0 Å². The van der Waals surface area contributed by atoms with Crippen molar-refractivity contribution in [3.05, 3.63) is 24.2 Å². The smallest absolute Gasteiger partial charge is 0.122 e. The lowest BCUT2D eigenvalue weighted by molar-refractivity contribution is 0.0308. The predicted octanol–water partition coefficient (Wildman–Crippen LogP) is 2.04. The summed E-state index contributed by atoms with van der Waals surface area (Å²) in [5.41, 5.74) is 6.33. The Morgan fingerprint density at radius 3 is 2.60 bits per heavy atom. The van der Waals surface area contributed by atoms with Crippen LogP contribution in [0.25, 0.3) is 0 Å². The molecule has 0 aliphatic heterocycles. The molecule has 5 heteroatoms. The highest BCUT2D eigenvalue weighted by molar-refractivity contribution is 5.08. The van der Waals surface area contributed by atoms with Gasteiger partial charge in [0.15, 0.2) is 0 Å². The number of hydrogen-bond acceptors (Lipinski definition) is 5. The van der Waals surface area contributed by atoms with E-state index in [2.05, 4.69) is 18.7 Å². The number of ether oxygens (including phenoxy) is 2. The van der Waals surface area contributed by atoms with Crippen molar-refractivity contribution >= 4 is 0 Å². The van der Waals surface area contributed by atoms with Crippen molar-refractivity contribution in [3.8, 4) is 0 Å². The first-order valence-corrected chi connectivity index (χ1v) is 7.18. The zero-order valence-electron chi connectivity index (χ0n) is 13.0. The SMILES string of the molecule is CCC(N)C(c1ccco1)N(CCOC)C(C)COC. The third-order valence-electron chi connectivity index (χ3n) is 3.60. The fourth-order valence-corrected chi connectivity index (χ4v) is 2.47. The Morgan fingerprint density at radius 2 is 2.10 bits per heavy atom. The largest absolute Gasteiger partial charge is 0.468 e. The third kappa shape index (κ3) is 4.59. The van der Waals surface area contributed by atoms with Crippen LogP contribution >= 0.6 is 0 Å². The van der Waals surface area contributed by atoms with Gasteiger partial charge in [-0.25, -0.2) is 0 Å². The first-order valence-electron chi connectivity index (χ1n) is 7.18. The normalized spacial score (nSPS) is 16.3. The van der Waals surface area contributed by atoms with Gasteiger partial charge in [0.2, 0.25) is 0 Å². The lowest BCUT2D eigenvalue weighted by atomic mass is 10.0. The molecule has 1 aromatic rings. The van der Waals surface area contributed by atoms with Gasteiger partial charge in [-0.15, -0.1) is 0 Å². The van der Waals surface area contributed by atoms with E-state index in [1.54, 1.807) is 20.5 Å². The van der Waals surface area contributed by atoms with Crippen LogP contribution in [0.2, 0.25) is 0 Å². The standard InChI is InChI=1S/C15H28N2O3/c1-5-13(16)15(14-7-6-9-20-14)17(8-10-18-3)12(2)11-19-4/h6-7,9,12-13,15H,5,8,10-11,16H2,1-4H3. The molecule has 0 saturated carbocycles. The first-order chi connectivity index (χ1) is 9.65. The van der Waals surface area contributed by atoms with Crippen molar-refractivity contribution < 1.29 is 13.9 Å². The molecule has 0 saturated heterocycles. The fourth-order valence-electron chi connectivity index (χ4n) is 2.47. The number of nitrogens with two attached hydrogens (primary N) is 1. The molecule has 1 rings (SSSR count). The van der Waals surface area contributed by atoms with E-state index in [0.29, 0.717) is 13.2 Å². The zero-order chi connectivity index (χ0) is 15.0. The molecule has 3 unspecified atom stereocenters. The molecule has 3 atom stereocenters. The van der Waals surface area contributed by atoms with Gasteiger partial charge in [-0.05, 0) is 25.5 Å². The van der Waals surface area contributed by atoms with E-state index >= 15 is 0 Å². The molecule has 1 heterocycles. The zero-order valence-corrected chi connectivity index (χ0v) is 13.0. The molecule has 20 heavy (non-hydrogen) atoms. The van der Waals surface area contributed by atoms with Crippen molar-refractivity contribution in [2.24, 2.45) is 5.73 Å². The van der Waals surface area contributed by atoms with E-state index in [0.717, 1.165) is 18.7 Å². The highest BCUT2D eigenvalue weighted by Crippen LogP contribution is 2.27. The Morgan fingerprint density at radius 1 is 1.35 bits per heavy atom. The molecule has 116 valence electrons. The molecule has 0 aliphatic rings. The van der Waals surface area contributed by atoms with Crippen LogP contribution in [-0.2, 0) is 9.47 Å². The highest BCUT2D eigenvalue weighted by Gasteiger charge is 2.31. The molecule has 5 nitrogen and oxygen atoms in total. The lowest BCUT2D eigenvalue weighted by Crippen LogP contribution is -2.47. The van der Waals surface area contributed by atoms with Crippen molar-refractivity contribution in [2.75, 3.05) is 34.0 Å². The first kappa shape index (κ1) is 17.2. The van der Waals surface area contributed by atoms with E-state index in [9.17, 15) is 0 Å². The Bertz CT molecular complexity index is 343. The van der Waals surface area contributed by atoms with Crippen molar-refractivity contribution in [1.82, 2.24) is 4.90 Å². The van der Waals surface area contributed by atoms with Gasteiger partial charge < -0.3 is 19.6 Å². The van der Waals surface area contributed by atoms with Gasteiger partial charge in [0.05, 0.1) is 25.5 Å². The molecular weight excluding hydrogens is 256 g/mol. The van der Waals surface area contributed by atoms with Gasteiger partial charge in [0.25, 0.3) is 0 Å². The summed E-state index contributed by atoms with van der Waals surface area (Å²) in [4.78, 5) is 2.31. The number of nitrogens with zero attached hydrogens (tertiary/aromatic N) is 1. The van der Waals surface area contributed by atoms with E-state index in [1.807, 2.05) is 12.1 Å². The minimum Gasteiger partial charge on any atom is -0.468 e. The predicted molar refractivity (Wildman–Crippen MR) is 79.6 cm³/mol. The van der Waals surface area contributed by atoms with Crippen LogP contribution in [0.4, 0.5) is 0 Å². The van der Waals surface area contributed by atoms with Crippen LogP contribution in [0.15, 0.2) is 22.8 Å². The van der Waals surface area contributed by atoms with Crippen LogP contribution in [0, 0.1) is 0 Å². The fraction of sp³-hybridized carbons (Fsp3) is 0.733. The van der Waals surface area contributed by atoms with E-state index < -0.39 is 0 Å². The summed E-state index contributed by atoms with van der Waals surface area (Å²) in [5.74, 6) is 0.901. The molecule has 0 spiro atoms. The van der Waals surface area contributed by atoms with E-state index in [4.69, 9.17) is 19.6 Å². The second-order valence-corrected chi connectivity index (χ2v) is 5.07. The summed E-state index contributed by atoms with van der Waals surface area (Å²) in [5, 5.41) is 0. The Hall–Kier alpha value is -0.880. The molecule has 1 aromatic heterocycles. The lowest BCUT2D eigenvalue weighted by Gasteiger charge is -2.37. The Kier molecular flexibility index (Phi) is 7.84. The van der Waals surface area contributed by atoms with Crippen LogP contribution in [-0.4, -0.2) is 51.0 Å². The Balaban J connectivity index is 2.96. The molecule has 0 aromatic carbocycles. The van der Waals surface area contributed by atoms with Crippen molar-refractivity contribution in [2.45, 2.75) is 38.4 Å². The monoisotopic (exact) mass is 284 g/mol. The summed E-state index contributed by atoms with van der Waals surface area (Å²) in [6, 6.07) is 4.18. The topological polar surface area (TPSA) is 60.9 Å². The number of hydrogen-bond donors (Lipinski definition) is 1. The quantitative estimate of drug-likeness (QED) is 0.712. The maximum Gasteiger partial charge on any atom is 0.122 e. The van der Waals surface area contributed by atoms with Crippen LogP contribution in [0.5, 0.6) is 0 Å². The van der Waals surface area contributed by atoms with Crippen molar-refractivity contribution in [3.63, 3.8) is 0 Å². The molecule has 0 radical (unpaired) electrons. The second-order valence-electron chi connectivity index (χ2n) is 5.07. The maximum absolute atomic E-state index is 6.33. The molecule has 0 fully saturated rings. The number of methoxy groups -OCH3 is 2. The van der Waals surface area contributed by atoms with Gasteiger partial charge in [-0.1, -0.05) is 6.92 Å². The number of rotatable bonds is 10. The second kappa shape index (κ2) is 9.13. The minimum absolute atomic E-state index is 0.0114. The minimum atomic E-state index is 0.0114. The summed E-state index contributed by atoms with van der Waals surface area (Å²) >= 11 is 0. The molecule has 0 aliphatic carbocycles. The molecule has 2 N–H and O–H groups in total. The highest BCUT2D eigenvalue weighted by atomic mass is 16.5. The van der Waals surface area contributed by atoms with Gasteiger partial charge in [0.1, 0.15) is 5.76 Å². The van der Waals surface area contributed by atoms with Crippen LogP contribution < -0.4 is 5.73 Å². The number of furan rings is 1. The van der Waals surface area contributed by atoms with Gasteiger partial charge in [-0.3, -0.25) is 4.90 Å². The summed E-state index contributed by atoms with van der Waals surface area (Å²) in [6.07, 6.45) is 2.58. The Labute approximate surface area is 122 Å². The summed E-state index contributed by atoms with van der Waals surface area (Å²) in [7, 11) is 3.42. The summed E-state index contributed by atoms with van der Waals surface area (Å²) in [6.45, 7) is 6.33. The van der Waals surface area contributed by atoms with Gasteiger partial charge in [0, 0.05) is 32.8 Å². The van der Waals surface area contributed by atoms with E-state index in [-0.39, 0.29) is 18.1 Å². The maximum atomic E-state index is 6.33. The van der Waals surface area contributed by atoms with Crippen LogP contribution in [0.1, 0.15) is 32.1 Å². The molecule has 0 bridgehead atoms. The van der Waals surface area contributed by atoms with Crippen molar-refractivity contribution in [1.29, 1.82) is 0 Å². The third-order valence-corrected chi connectivity index (χ3v) is 3.60. The summed E-state index contributed by atoms with van der Waals surface area (Å²) < 4.78 is 16.1. The van der Waals surface area contributed by atoms with Gasteiger partial charge >= 0.3 is 0 Å². The molecular formula is C15H28N2O3. The average molecular weight is 284 g/mol. The average Bonchev–Trinajstić information content (AvgIpc) is 2.96.